The van der Waals surface area contributed by atoms with Gasteiger partial charge in [-0.2, -0.15) is 0 Å². The zero-order valence-corrected chi connectivity index (χ0v) is 12.5. The van der Waals surface area contributed by atoms with Crippen LogP contribution in [0, 0.1) is 0 Å². The largest absolute Gasteiger partial charge is 0.448 e. The van der Waals surface area contributed by atoms with E-state index in [9.17, 15) is 9.59 Å². The van der Waals surface area contributed by atoms with Crippen molar-refractivity contribution in [3.05, 3.63) is 34.3 Å². The highest BCUT2D eigenvalue weighted by molar-refractivity contribution is 9.10. The molecule has 7 heteroatoms. The first-order valence-corrected chi connectivity index (χ1v) is 6.96. The lowest BCUT2D eigenvalue weighted by molar-refractivity contribution is 0.0952. The summed E-state index contributed by atoms with van der Waals surface area (Å²) in [4.78, 5) is 22.8. The van der Waals surface area contributed by atoms with Gasteiger partial charge in [0.05, 0.1) is 5.88 Å². The van der Waals surface area contributed by atoms with Gasteiger partial charge in [0.1, 0.15) is 6.61 Å². The third-order valence-corrected chi connectivity index (χ3v) is 2.72. The Morgan fingerprint density at radius 1 is 1.26 bits per heavy atom. The predicted molar refractivity (Wildman–Crippen MR) is 76.5 cm³/mol. The van der Waals surface area contributed by atoms with Gasteiger partial charge >= 0.3 is 6.09 Å². The topological polar surface area (TPSA) is 67.4 Å². The molecule has 1 aromatic rings. The number of carbonyl (C=O) groups is 2. The summed E-state index contributed by atoms with van der Waals surface area (Å²) in [6.07, 6.45) is -0.544. The molecule has 104 valence electrons. The molecule has 0 aromatic heterocycles. The van der Waals surface area contributed by atoms with Crippen LogP contribution in [0.4, 0.5) is 4.79 Å². The van der Waals surface area contributed by atoms with Gasteiger partial charge in [-0.15, -0.1) is 11.6 Å². The van der Waals surface area contributed by atoms with E-state index in [2.05, 4.69) is 26.6 Å². The second-order valence-corrected chi connectivity index (χ2v) is 4.81. The molecule has 0 unspecified atom stereocenters. The van der Waals surface area contributed by atoms with E-state index in [0.717, 1.165) is 4.47 Å². The number of ether oxygens (including phenoxy) is 1. The summed E-state index contributed by atoms with van der Waals surface area (Å²) in [6.45, 7) is 0.778. The quantitative estimate of drug-likeness (QED) is 0.611. The fourth-order valence-corrected chi connectivity index (χ4v) is 1.73. The fourth-order valence-electron chi connectivity index (χ4n) is 1.25. The lowest BCUT2D eigenvalue weighted by Crippen LogP contribution is -2.35. The maximum atomic E-state index is 11.7. The minimum Gasteiger partial charge on any atom is -0.448 e. The Morgan fingerprint density at radius 2 is 2.00 bits per heavy atom. The van der Waals surface area contributed by atoms with Crippen LogP contribution in [-0.4, -0.2) is 37.6 Å². The van der Waals surface area contributed by atoms with Crippen molar-refractivity contribution in [1.29, 1.82) is 0 Å². The minimum absolute atomic E-state index is 0.164. The van der Waals surface area contributed by atoms with Crippen LogP contribution >= 0.6 is 27.5 Å². The second-order valence-electron chi connectivity index (χ2n) is 3.52. The van der Waals surface area contributed by atoms with E-state index in [0.29, 0.717) is 18.7 Å². The number of alkyl carbamates (subject to hydrolysis) is 1. The molecule has 1 rings (SSSR count). The van der Waals surface area contributed by atoms with Gasteiger partial charge in [0, 0.05) is 23.1 Å². The van der Waals surface area contributed by atoms with E-state index in [-0.39, 0.29) is 18.4 Å². The van der Waals surface area contributed by atoms with E-state index in [1.165, 1.54) is 0 Å². The average Bonchev–Trinajstić information content (AvgIpc) is 2.41. The van der Waals surface area contributed by atoms with Crippen LogP contribution < -0.4 is 10.6 Å². The van der Waals surface area contributed by atoms with Crippen molar-refractivity contribution in [3.8, 4) is 0 Å². The first-order valence-electron chi connectivity index (χ1n) is 5.64. The van der Waals surface area contributed by atoms with Crippen molar-refractivity contribution in [2.75, 3.05) is 25.6 Å². The molecule has 0 heterocycles. The summed E-state index contributed by atoms with van der Waals surface area (Å²) in [5, 5.41) is 5.17. The molecule has 0 radical (unpaired) electrons. The van der Waals surface area contributed by atoms with E-state index in [1.54, 1.807) is 18.2 Å². The number of hydrogen-bond acceptors (Lipinski definition) is 3. The molecule has 19 heavy (non-hydrogen) atoms. The van der Waals surface area contributed by atoms with Crippen LogP contribution in [0.5, 0.6) is 0 Å². The van der Waals surface area contributed by atoms with Gasteiger partial charge in [0.15, 0.2) is 0 Å². The van der Waals surface area contributed by atoms with Gasteiger partial charge in [-0.3, -0.25) is 4.79 Å². The third-order valence-electron chi connectivity index (χ3n) is 2.08. The van der Waals surface area contributed by atoms with Crippen LogP contribution in [-0.2, 0) is 4.74 Å². The number of hydrogen-bond donors (Lipinski definition) is 2. The average molecular weight is 350 g/mol. The van der Waals surface area contributed by atoms with Crippen molar-refractivity contribution < 1.29 is 14.3 Å². The molecule has 0 aliphatic carbocycles. The summed E-state index contributed by atoms with van der Waals surface area (Å²) in [5.41, 5.74) is 0.555. The van der Waals surface area contributed by atoms with Crippen molar-refractivity contribution >= 4 is 39.5 Å². The van der Waals surface area contributed by atoms with E-state index in [1.807, 2.05) is 6.07 Å². The fraction of sp³-hybridized carbons (Fsp3) is 0.333. The number of carbonyl (C=O) groups excluding carboxylic acids is 2. The Balaban J connectivity index is 2.22. The molecule has 2 amide bonds. The highest BCUT2D eigenvalue weighted by Crippen LogP contribution is 2.11. The summed E-state index contributed by atoms with van der Waals surface area (Å²) >= 11 is 8.65. The Hall–Kier alpha value is -1.27. The Kier molecular flexibility index (Phi) is 7.28. The van der Waals surface area contributed by atoms with Crippen LogP contribution in [0.15, 0.2) is 28.7 Å². The lowest BCUT2D eigenvalue weighted by Gasteiger charge is -2.07. The molecular formula is C12H14BrClN2O3. The zero-order valence-electron chi connectivity index (χ0n) is 10.1. The van der Waals surface area contributed by atoms with Crippen LogP contribution in [0.3, 0.4) is 0 Å². The third kappa shape index (κ3) is 6.45. The maximum Gasteiger partial charge on any atom is 0.407 e. The minimum atomic E-state index is -0.544. The van der Waals surface area contributed by atoms with Gasteiger partial charge in [0.25, 0.3) is 5.91 Å². The Bertz CT molecular complexity index is 443. The highest BCUT2D eigenvalue weighted by Gasteiger charge is 2.05. The maximum absolute atomic E-state index is 11.7. The van der Waals surface area contributed by atoms with Crippen molar-refractivity contribution in [1.82, 2.24) is 10.6 Å². The monoisotopic (exact) mass is 348 g/mol. The van der Waals surface area contributed by atoms with Gasteiger partial charge < -0.3 is 15.4 Å². The number of nitrogens with one attached hydrogen (secondary N) is 2. The predicted octanol–water partition coefficient (Wildman–Crippen LogP) is 2.14. The van der Waals surface area contributed by atoms with Gasteiger partial charge in [-0.25, -0.2) is 4.79 Å². The van der Waals surface area contributed by atoms with Crippen molar-refractivity contribution in [2.45, 2.75) is 0 Å². The molecule has 0 spiro atoms. The summed E-state index contributed by atoms with van der Waals surface area (Å²) in [6, 6.07) is 7.05. The highest BCUT2D eigenvalue weighted by atomic mass is 79.9. The molecule has 2 N–H and O–H groups in total. The number of halogens is 2. The molecule has 0 atom stereocenters. The molecule has 0 aliphatic rings. The molecule has 5 nitrogen and oxygen atoms in total. The van der Waals surface area contributed by atoms with Crippen molar-refractivity contribution in [2.24, 2.45) is 0 Å². The number of rotatable bonds is 6. The van der Waals surface area contributed by atoms with Crippen LogP contribution in [0.2, 0.25) is 0 Å². The standard InChI is InChI=1S/C12H14BrClN2O3/c13-10-3-1-2-9(8-10)11(17)15-5-6-16-12(18)19-7-4-14/h1-3,8H,4-7H2,(H,15,17)(H,16,18). The normalized spacial score (nSPS) is 9.79. The Morgan fingerprint density at radius 3 is 2.68 bits per heavy atom. The van der Waals surface area contributed by atoms with Crippen LogP contribution in [0.1, 0.15) is 10.4 Å². The first kappa shape index (κ1) is 15.8. The van der Waals surface area contributed by atoms with Gasteiger partial charge in [-0.05, 0) is 18.2 Å². The second kappa shape index (κ2) is 8.77. The molecular weight excluding hydrogens is 336 g/mol. The molecule has 0 saturated carbocycles. The lowest BCUT2D eigenvalue weighted by atomic mass is 10.2. The number of benzene rings is 1. The van der Waals surface area contributed by atoms with Gasteiger partial charge in [0.2, 0.25) is 0 Å². The van der Waals surface area contributed by atoms with E-state index >= 15 is 0 Å². The van der Waals surface area contributed by atoms with E-state index in [4.69, 9.17) is 16.3 Å². The van der Waals surface area contributed by atoms with E-state index < -0.39 is 6.09 Å². The summed E-state index contributed by atoms with van der Waals surface area (Å²) < 4.78 is 5.53. The molecule has 0 fully saturated rings. The number of amides is 2. The Labute approximate surface area is 124 Å². The molecule has 0 bridgehead atoms. The number of alkyl halides is 1. The SMILES string of the molecule is O=C(NCCNC(=O)c1cccc(Br)c1)OCCCl. The summed E-state index contributed by atoms with van der Waals surface area (Å²) in [5.74, 6) is 0.0600. The summed E-state index contributed by atoms with van der Waals surface area (Å²) in [7, 11) is 0. The van der Waals surface area contributed by atoms with Crippen molar-refractivity contribution in [3.63, 3.8) is 0 Å². The molecule has 1 aromatic carbocycles. The smallest absolute Gasteiger partial charge is 0.407 e. The molecule has 0 saturated heterocycles. The van der Waals surface area contributed by atoms with Crippen LogP contribution in [0.25, 0.3) is 0 Å². The molecule has 0 aliphatic heterocycles. The van der Waals surface area contributed by atoms with Gasteiger partial charge in [-0.1, -0.05) is 22.0 Å². The zero-order chi connectivity index (χ0) is 14.1. The first-order chi connectivity index (χ1) is 9.13.